The van der Waals surface area contributed by atoms with Crippen molar-refractivity contribution < 1.29 is 14.3 Å². The van der Waals surface area contributed by atoms with Gasteiger partial charge in [0.1, 0.15) is 0 Å². The number of fused-ring (bicyclic) bond motifs is 1. The van der Waals surface area contributed by atoms with Gasteiger partial charge in [-0.05, 0) is 42.3 Å². The van der Waals surface area contributed by atoms with Crippen molar-refractivity contribution >= 4 is 46.3 Å². The lowest BCUT2D eigenvalue weighted by atomic mass is 9.94. The number of hydrogen-bond acceptors (Lipinski definition) is 3. The first-order valence-corrected chi connectivity index (χ1v) is 10.7. The van der Waals surface area contributed by atoms with Crippen LogP contribution >= 0.6 is 11.6 Å². The number of anilines is 1. The zero-order valence-corrected chi connectivity index (χ0v) is 18.6. The molecular formula is C25H24ClN3O3. The fourth-order valence-corrected chi connectivity index (χ4v) is 4.14. The van der Waals surface area contributed by atoms with Crippen LogP contribution in [0.15, 0.2) is 54.6 Å². The van der Waals surface area contributed by atoms with E-state index < -0.39 is 0 Å². The van der Waals surface area contributed by atoms with Crippen LogP contribution in [-0.4, -0.2) is 48.0 Å². The van der Waals surface area contributed by atoms with Gasteiger partial charge in [0, 0.05) is 35.1 Å². The number of benzene rings is 1. The second kappa shape index (κ2) is 9.02. The highest BCUT2D eigenvalue weighted by Crippen LogP contribution is 2.40. The average molecular weight is 450 g/mol. The third-order valence-electron chi connectivity index (χ3n) is 5.50. The van der Waals surface area contributed by atoms with Gasteiger partial charge < -0.3 is 19.9 Å². The number of hydrogen-bond donors (Lipinski definition) is 2. The number of H-pyrrole nitrogens is 1. The van der Waals surface area contributed by atoms with Crippen molar-refractivity contribution in [1.82, 2.24) is 9.88 Å². The fourth-order valence-electron chi connectivity index (χ4n) is 3.95. The lowest BCUT2D eigenvalue weighted by Crippen LogP contribution is -2.40. The van der Waals surface area contributed by atoms with E-state index in [1.165, 1.54) is 0 Å². The Kier molecular flexibility index (Phi) is 6.17. The smallest absolute Gasteiger partial charge is 0.256 e. The van der Waals surface area contributed by atoms with Gasteiger partial charge in [-0.3, -0.25) is 9.59 Å². The number of allylic oxidation sites excluding steroid dienone is 4. The van der Waals surface area contributed by atoms with E-state index in [2.05, 4.69) is 23.5 Å². The molecule has 1 fully saturated rings. The lowest BCUT2D eigenvalue weighted by Gasteiger charge is -2.26. The summed E-state index contributed by atoms with van der Waals surface area (Å²) in [6.07, 6.45) is 4.97. The van der Waals surface area contributed by atoms with Crippen molar-refractivity contribution in [3.8, 4) is 0 Å². The maximum absolute atomic E-state index is 13.1. The summed E-state index contributed by atoms with van der Waals surface area (Å²) in [7, 11) is 0. The number of rotatable bonds is 5. The van der Waals surface area contributed by atoms with Gasteiger partial charge in [0.05, 0.1) is 30.0 Å². The minimum atomic E-state index is -0.249. The highest BCUT2D eigenvalue weighted by molar-refractivity contribution is 6.39. The van der Waals surface area contributed by atoms with E-state index in [-0.39, 0.29) is 11.8 Å². The summed E-state index contributed by atoms with van der Waals surface area (Å²) in [6.45, 7) is 11.8. The predicted molar refractivity (Wildman–Crippen MR) is 128 cm³/mol. The molecule has 0 aliphatic carbocycles. The Hall–Kier alpha value is -3.35. The topological polar surface area (TPSA) is 74.4 Å². The van der Waals surface area contributed by atoms with E-state index in [9.17, 15) is 9.59 Å². The van der Waals surface area contributed by atoms with E-state index in [1.807, 2.05) is 31.2 Å². The Bertz CT molecular complexity index is 1180. The van der Waals surface area contributed by atoms with Gasteiger partial charge in [-0.2, -0.15) is 0 Å². The number of carbonyl (C=O) groups is 2. The summed E-state index contributed by atoms with van der Waals surface area (Å²) in [4.78, 5) is 31.0. The molecule has 0 radical (unpaired) electrons. The Morgan fingerprint density at radius 1 is 1.25 bits per heavy atom. The number of halogens is 1. The first-order valence-electron chi connectivity index (χ1n) is 10.3. The number of aromatic nitrogens is 1. The maximum atomic E-state index is 13.1. The number of nitrogens with one attached hydrogen (secondary N) is 2. The second-order valence-corrected chi connectivity index (χ2v) is 8.06. The molecule has 4 rings (SSSR count). The molecule has 2 N–H and O–H groups in total. The Balaban J connectivity index is 1.79. The number of amides is 2. The Labute approximate surface area is 191 Å². The highest BCUT2D eigenvalue weighted by Gasteiger charge is 2.29. The van der Waals surface area contributed by atoms with Crippen LogP contribution in [0.4, 0.5) is 5.69 Å². The largest absolute Gasteiger partial charge is 0.378 e. The first-order chi connectivity index (χ1) is 15.4. The van der Waals surface area contributed by atoms with Gasteiger partial charge in [0.15, 0.2) is 0 Å². The van der Waals surface area contributed by atoms with Gasteiger partial charge in [0.25, 0.3) is 11.8 Å². The monoisotopic (exact) mass is 449 g/mol. The second-order valence-electron chi connectivity index (χ2n) is 7.65. The molecule has 0 unspecified atom stereocenters. The van der Waals surface area contributed by atoms with E-state index in [4.69, 9.17) is 16.3 Å². The van der Waals surface area contributed by atoms with Crippen molar-refractivity contribution in [2.75, 3.05) is 31.6 Å². The molecule has 1 saturated heterocycles. The molecule has 0 atom stereocenters. The molecule has 32 heavy (non-hydrogen) atoms. The summed E-state index contributed by atoms with van der Waals surface area (Å²) in [6, 6.07) is 7.35. The summed E-state index contributed by atoms with van der Waals surface area (Å²) < 4.78 is 5.36. The molecule has 0 bridgehead atoms. The quantitative estimate of drug-likeness (QED) is 0.517. The molecule has 0 spiro atoms. The van der Waals surface area contributed by atoms with Crippen LogP contribution in [-0.2, 0) is 9.53 Å². The molecule has 6 nitrogen and oxygen atoms in total. The van der Waals surface area contributed by atoms with Crippen LogP contribution in [0.5, 0.6) is 0 Å². The molecular weight excluding hydrogens is 426 g/mol. The van der Waals surface area contributed by atoms with Crippen LogP contribution in [0.1, 0.15) is 32.9 Å². The molecule has 2 aliphatic heterocycles. The van der Waals surface area contributed by atoms with Crippen molar-refractivity contribution in [3.63, 3.8) is 0 Å². The SMILES string of the molecule is C=CC=C(Cl)C(=C)c1cccc2c1C(=Cc1[nH]c(C)cc1C(=O)N1CCOCC1)C(=O)N2. The summed E-state index contributed by atoms with van der Waals surface area (Å²) >= 11 is 6.37. The number of carbonyl (C=O) groups excluding carboxylic acids is 2. The van der Waals surface area contributed by atoms with E-state index in [0.717, 1.165) is 11.3 Å². The Morgan fingerprint density at radius 3 is 2.72 bits per heavy atom. The maximum Gasteiger partial charge on any atom is 0.256 e. The van der Waals surface area contributed by atoms with Crippen LogP contribution in [0.2, 0.25) is 0 Å². The van der Waals surface area contributed by atoms with Crippen LogP contribution in [0.3, 0.4) is 0 Å². The van der Waals surface area contributed by atoms with Crippen molar-refractivity contribution in [2.24, 2.45) is 0 Å². The molecule has 164 valence electrons. The third kappa shape index (κ3) is 4.07. The van der Waals surface area contributed by atoms with Gasteiger partial charge >= 0.3 is 0 Å². The molecule has 2 amide bonds. The number of nitrogens with zero attached hydrogens (tertiary/aromatic N) is 1. The summed E-state index contributed by atoms with van der Waals surface area (Å²) in [5, 5.41) is 3.33. The van der Waals surface area contributed by atoms with Crippen molar-refractivity contribution in [3.05, 3.63) is 82.7 Å². The zero-order valence-electron chi connectivity index (χ0n) is 17.8. The summed E-state index contributed by atoms with van der Waals surface area (Å²) in [5.74, 6) is -0.334. The normalized spacial score (nSPS) is 17.3. The summed E-state index contributed by atoms with van der Waals surface area (Å²) in [5.41, 5.74) is 5.09. The Morgan fingerprint density at radius 2 is 2.00 bits per heavy atom. The van der Waals surface area contributed by atoms with Crippen molar-refractivity contribution in [1.29, 1.82) is 0 Å². The zero-order chi connectivity index (χ0) is 22.8. The first kappa shape index (κ1) is 21.9. The van der Waals surface area contributed by atoms with Crippen LogP contribution < -0.4 is 5.32 Å². The number of morpholine rings is 1. The molecule has 2 aliphatic rings. The molecule has 2 aromatic rings. The van der Waals surface area contributed by atoms with Gasteiger partial charge in [-0.15, -0.1) is 0 Å². The standard InChI is InChI=1S/C25H24ClN3O3/c1-4-6-20(26)16(3)17-7-5-8-21-23(17)19(24(30)28-21)14-22-18(13-15(2)27-22)25(31)29-9-11-32-12-10-29/h4-8,13-14,27H,1,3,9-12H2,2H3,(H,28,30). The van der Waals surface area contributed by atoms with Crippen molar-refractivity contribution in [2.45, 2.75) is 6.92 Å². The van der Waals surface area contributed by atoms with E-state index in [1.54, 1.807) is 23.1 Å². The minimum absolute atomic E-state index is 0.0854. The number of ether oxygens (including phenoxy) is 1. The van der Waals surface area contributed by atoms with Crippen LogP contribution in [0, 0.1) is 6.92 Å². The lowest BCUT2D eigenvalue weighted by molar-refractivity contribution is -0.110. The highest BCUT2D eigenvalue weighted by atomic mass is 35.5. The van der Waals surface area contributed by atoms with Gasteiger partial charge in [-0.1, -0.05) is 43.0 Å². The minimum Gasteiger partial charge on any atom is -0.378 e. The fraction of sp³-hybridized carbons (Fsp3) is 0.200. The van der Waals surface area contributed by atoms with Gasteiger partial charge in [0.2, 0.25) is 0 Å². The van der Waals surface area contributed by atoms with E-state index >= 15 is 0 Å². The van der Waals surface area contributed by atoms with Crippen LogP contribution in [0.25, 0.3) is 17.2 Å². The third-order valence-corrected chi connectivity index (χ3v) is 5.86. The molecule has 0 saturated carbocycles. The molecule has 3 heterocycles. The molecule has 1 aromatic carbocycles. The molecule has 1 aromatic heterocycles. The number of aromatic amines is 1. The van der Waals surface area contributed by atoms with E-state index in [0.29, 0.717) is 65.0 Å². The predicted octanol–water partition coefficient (Wildman–Crippen LogP) is 4.61. The average Bonchev–Trinajstić information content (AvgIpc) is 3.32. The number of aryl methyl sites for hydroxylation is 1. The molecule has 7 heteroatoms. The van der Waals surface area contributed by atoms with Gasteiger partial charge in [-0.25, -0.2) is 0 Å².